The van der Waals surface area contributed by atoms with Gasteiger partial charge < -0.3 is 20.4 Å². The van der Waals surface area contributed by atoms with Crippen LogP contribution in [-0.4, -0.2) is 79.6 Å². The molecule has 2 atom stereocenters. The number of rotatable bonds is 6. The molecular formula is C33H32F2N10O2. The zero-order valence-electron chi connectivity index (χ0n) is 25.8. The average molecular weight is 639 g/mol. The highest BCUT2D eigenvalue weighted by Gasteiger charge is 2.26. The lowest BCUT2D eigenvalue weighted by atomic mass is 10.0. The number of aryl methyl sites for hydroxylation is 2. The Hall–Kier alpha value is -5.89. The maximum absolute atomic E-state index is 14.7. The number of nitrogens with zero attached hydrogens (tertiary/aromatic N) is 8. The Morgan fingerprint density at radius 3 is 2.13 bits per heavy atom. The number of amides is 2. The number of carbonyl (C=O) groups excluding carboxylic acids is 2. The van der Waals surface area contributed by atoms with Gasteiger partial charge in [0.2, 0.25) is 0 Å². The highest BCUT2D eigenvalue weighted by atomic mass is 19.1. The fraction of sp³-hybridized carbons (Fsp3) is 0.303. The fourth-order valence-corrected chi connectivity index (χ4v) is 5.43. The molecular weight excluding hydrogens is 606 g/mol. The maximum Gasteiger partial charge on any atom is 0.254 e. The van der Waals surface area contributed by atoms with Gasteiger partial charge in [-0.1, -0.05) is 18.2 Å². The van der Waals surface area contributed by atoms with E-state index in [4.69, 9.17) is 10.5 Å². The number of hydrogen-bond donors (Lipinski definition) is 2. The number of aromatic nitrogens is 4. The van der Waals surface area contributed by atoms with Gasteiger partial charge in [-0.2, -0.15) is 15.6 Å². The predicted molar refractivity (Wildman–Crippen MR) is 167 cm³/mol. The van der Waals surface area contributed by atoms with Crippen molar-refractivity contribution >= 4 is 11.8 Å². The Bertz CT molecular complexity index is 1860. The molecule has 2 aromatic carbocycles. The molecule has 240 valence electrons. The average Bonchev–Trinajstić information content (AvgIpc) is 3.83. The van der Waals surface area contributed by atoms with Crippen LogP contribution < -0.4 is 10.6 Å². The zero-order chi connectivity index (χ0) is 33.5. The van der Waals surface area contributed by atoms with Crippen LogP contribution in [0.1, 0.15) is 39.4 Å². The van der Waals surface area contributed by atoms with Gasteiger partial charge in [0.25, 0.3) is 11.8 Å². The minimum absolute atomic E-state index is 0.00163. The van der Waals surface area contributed by atoms with Crippen LogP contribution >= 0.6 is 0 Å². The van der Waals surface area contributed by atoms with Crippen LogP contribution in [0.5, 0.6) is 0 Å². The van der Waals surface area contributed by atoms with Gasteiger partial charge in [-0.3, -0.25) is 14.3 Å². The second kappa shape index (κ2) is 14.5. The molecule has 0 unspecified atom stereocenters. The van der Waals surface area contributed by atoms with Crippen LogP contribution in [-0.2, 0) is 7.05 Å². The molecule has 4 heterocycles. The van der Waals surface area contributed by atoms with E-state index in [0.717, 1.165) is 0 Å². The molecule has 2 saturated heterocycles. The lowest BCUT2D eigenvalue weighted by molar-refractivity contribution is 0.0926. The van der Waals surface area contributed by atoms with Gasteiger partial charge in [-0.25, -0.2) is 18.7 Å². The molecule has 47 heavy (non-hydrogen) atoms. The van der Waals surface area contributed by atoms with E-state index in [1.807, 2.05) is 12.4 Å². The normalized spacial score (nSPS) is 16.9. The van der Waals surface area contributed by atoms with E-state index in [1.54, 1.807) is 71.3 Å². The summed E-state index contributed by atoms with van der Waals surface area (Å²) in [5.41, 5.74) is 2.15. The summed E-state index contributed by atoms with van der Waals surface area (Å²) in [6.07, 6.45) is 10.3. The molecule has 2 aromatic heterocycles. The fourth-order valence-electron chi connectivity index (χ4n) is 5.43. The first-order valence-electron chi connectivity index (χ1n) is 14.9. The Labute approximate surface area is 270 Å². The number of nitrogens with one attached hydrogen (secondary N) is 2. The third kappa shape index (κ3) is 7.86. The Balaban J connectivity index is 0.000000185. The van der Waals surface area contributed by atoms with Crippen molar-refractivity contribution in [3.63, 3.8) is 0 Å². The Morgan fingerprint density at radius 1 is 0.915 bits per heavy atom. The van der Waals surface area contributed by atoms with E-state index in [2.05, 4.69) is 25.7 Å². The molecule has 2 amide bonds. The summed E-state index contributed by atoms with van der Waals surface area (Å²) in [6.45, 7) is 3.90. The largest absolute Gasteiger partial charge is 0.347 e. The summed E-state index contributed by atoms with van der Waals surface area (Å²) in [5.74, 6) is -1.50. The SMILES string of the molecule is Cc1nccc(-c2ccc(C(=O)N[C@@H]3CCN(C#N)C3)c(F)c2)n1.Cn1cc(-c2cccc(C(=O)N[C@@H]3CCN(C#N)C3)c2F)cn1. The van der Waals surface area contributed by atoms with Gasteiger partial charge in [0.05, 0.1) is 23.0 Å². The van der Waals surface area contributed by atoms with Crippen molar-refractivity contribution in [1.29, 1.82) is 10.5 Å². The van der Waals surface area contributed by atoms with E-state index >= 15 is 0 Å². The van der Waals surface area contributed by atoms with E-state index in [-0.39, 0.29) is 23.2 Å². The quantitative estimate of drug-likeness (QED) is 0.302. The van der Waals surface area contributed by atoms with E-state index < -0.39 is 23.4 Å². The summed E-state index contributed by atoms with van der Waals surface area (Å²) >= 11 is 0. The van der Waals surface area contributed by atoms with Gasteiger partial charge in [-0.05, 0) is 44.0 Å². The zero-order valence-corrected chi connectivity index (χ0v) is 25.8. The number of carbonyl (C=O) groups is 2. The summed E-state index contributed by atoms with van der Waals surface area (Å²) in [6, 6.07) is 10.6. The molecule has 0 saturated carbocycles. The molecule has 4 aromatic rings. The smallest absolute Gasteiger partial charge is 0.254 e. The molecule has 2 aliphatic rings. The molecule has 0 bridgehead atoms. The number of nitriles is 2. The lowest BCUT2D eigenvalue weighted by Crippen LogP contribution is -2.36. The van der Waals surface area contributed by atoms with E-state index in [0.29, 0.717) is 67.2 Å². The van der Waals surface area contributed by atoms with Crippen molar-refractivity contribution in [1.82, 2.24) is 40.2 Å². The molecule has 12 nitrogen and oxygen atoms in total. The first-order chi connectivity index (χ1) is 22.6. The molecule has 2 fully saturated rings. The van der Waals surface area contributed by atoms with Crippen molar-refractivity contribution in [2.24, 2.45) is 7.05 Å². The summed E-state index contributed by atoms with van der Waals surface area (Å²) < 4.78 is 30.6. The predicted octanol–water partition coefficient (Wildman–Crippen LogP) is 3.39. The van der Waals surface area contributed by atoms with Crippen LogP contribution in [0, 0.1) is 41.5 Å². The van der Waals surface area contributed by atoms with Crippen molar-refractivity contribution < 1.29 is 18.4 Å². The van der Waals surface area contributed by atoms with Crippen LogP contribution in [0.15, 0.2) is 61.1 Å². The van der Waals surface area contributed by atoms with Gasteiger partial charge >= 0.3 is 0 Å². The summed E-state index contributed by atoms with van der Waals surface area (Å²) in [5, 5.41) is 27.3. The number of hydrogen-bond acceptors (Lipinski definition) is 9. The second-order valence-corrected chi connectivity index (χ2v) is 11.3. The van der Waals surface area contributed by atoms with Crippen LogP contribution in [0.25, 0.3) is 22.4 Å². The summed E-state index contributed by atoms with van der Waals surface area (Å²) in [4.78, 5) is 36.0. The molecule has 2 aliphatic heterocycles. The van der Waals surface area contributed by atoms with E-state index in [1.165, 1.54) is 18.2 Å². The molecule has 2 N–H and O–H groups in total. The summed E-state index contributed by atoms with van der Waals surface area (Å²) in [7, 11) is 1.75. The van der Waals surface area contributed by atoms with Gasteiger partial charge in [0, 0.05) is 74.4 Å². The highest BCUT2D eigenvalue weighted by molar-refractivity contribution is 5.96. The van der Waals surface area contributed by atoms with Crippen molar-refractivity contribution in [2.75, 3.05) is 26.2 Å². The first kappa shape index (κ1) is 32.5. The molecule has 0 spiro atoms. The maximum atomic E-state index is 14.7. The lowest BCUT2D eigenvalue weighted by Gasteiger charge is -2.13. The standard InChI is InChI=1S/C17H16FN5O.C16H16FN5O/c1-11-20-6-4-16(21-11)12-2-3-14(15(18)8-12)17(24)22-13-5-7-23(9-13)10-19;1-21-8-11(7-19-21)13-3-2-4-14(15(13)17)16(23)20-12-5-6-22(9-12)10-18/h2-4,6,8,13H,5,7,9H2,1H3,(H,22,24);2-4,7-8,12H,5-6,9H2,1H3,(H,20,23)/t13-;12-/m11/s1. The molecule has 6 rings (SSSR count). The molecule has 0 aliphatic carbocycles. The molecule has 0 radical (unpaired) electrons. The monoisotopic (exact) mass is 638 g/mol. The van der Waals surface area contributed by atoms with Crippen molar-refractivity contribution in [3.8, 4) is 34.8 Å². The van der Waals surface area contributed by atoms with Gasteiger partial charge in [-0.15, -0.1) is 0 Å². The van der Waals surface area contributed by atoms with Crippen LogP contribution in [0.3, 0.4) is 0 Å². The Kier molecular flexibility index (Phi) is 10.0. The first-order valence-corrected chi connectivity index (χ1v) is 14.9. The minimum Gasteiger partial charge on any atom is -0.347 e. The van der Waals surface area contributed by atoms with Gasteiger partial charge in [0.1, 0.15) is 17.5 Å². The van der Waals surface area contributed by atoms with Crippen LogP contribution in [0.4, 0.5) is 8.78 Å². The minimum atomic E-state index is -0.601. The van der Waals surface area contributed by atoms with Crippen molar-refractivity contribution in [3.05, 3.63) is 89.6 Å². The number of halogens is 2. The van der Waals surface area contributed by atoms with E-state index in [9.17, 15) is 18.4 Å². The van der Waals surface area contributed by atoms with Crippen molar-refractivity contribution in [2.45, 2.75) is 31.8 Å². The Morgan fingerprint density at radius 2 is 1.57 bits per heavy atom. The number of likely N-dealkylation sites (tertiary alicyclic amines) is 2. The highest BCUT2D eigenvalue weighted by Crippen LogP contribution is 2.25. The van der Waals surface area contributed by atoms with Gasteiger partial charge in [0.15, 0.2) is 12.4 Å². The second-order valence-electron chi connectivity index (χ2n) is 11.3. The molecule has 14 heteroatoms. The third-order valence-corrected chi connectivity index (χ3v) is 7.87. The topological polar surface area (TPSA) is 156 Å². The third-order valence-electron chi connectivity index (χ3n) is 7.87. The van der Waals surface area contributed by atoms with Crippen LogP contribution in [0.2, 0.25) is 0 Å². The number of benzene rings is 2.